The second kappa shape index (κ2) is 9.46. The van der Waals surface area contributed by atoms with Gasteiger partial charge >= 0.3 is 0 Å². The third-order valence-corrected chi connectivity index (χ3v) is 7.38. The van der Waals surface area contributed by atoms with E-state index in [1.54, 1.807) is 36.3 Å². The fourth-order valence-corrected chi connectivity index (χ4v) is 5.37. The number of carbonyl (C=O) groups excluding carboxylic acids is 1. The van der Waals surface area contributed by atoms with Gasteiger partial charge in [-0.2, -0.15) is 0 Å². The van der Waals surface area contributed by atoms with Crippen LogP contribution in [0.5, 0.6) is 5.75 Å². The molecular weight excluding hydrogens is 483 g/mol. The lowest BCUT2D eigenvalue weighted by molar-refractivity contribution is 0.0624. The summed E-state index contributed by atoms with van der Waals surface area (Å²) in [6.45, 7) is 0.891. The van der Waals surface area contributed by atoms with Crippen molar-refractivity contribution in [3.8, 4) is 5.75 Å². The van der Waals surface area contributed by atoms with Gasteiger partial charge in [-0.05, 0) is 42.5 Å². The van der Waals surface area contributed by atoms with Crippen LogP contribution in [0.15, 0.2) is 83.9 Å². The first kappa shape index (κ1) is 23.6. The zero-order valence-electron chi connectivity index (χ0n) is 19.3. The maximum Gasteiger partial charge on any atom is 0.264 e. The number of nitrogens with one attached hydrogen (secondary N) is 2. The third kappa shape index (κ3) is 4.55. The molecule has 0 unspecified atom stereocenters. The molecule has 0 bridgehead atoms. The average Bonchev–Trinajstić information content (AvgIpc) is 2.86. The number of sulfonamides is 1. The zero-order valence-corrected chi connectivity index (χ0v) is 20.1. The Bertz CT molecular complexity index is 1550. The minimum absolute atomic E-state index is 0.0375. The van der Waals surface area contributed by atoms with E-state index in [1.807, 2.05) is 24.3 Å². The number of rotatable bonds is 7. The van der Waals surface area contributed by atoms with Crippen LogP contribution in [0.3, 0.4) is 0 Å². The summed E-state index contributed by atoms with van der Waals surface area (Å²) in [5.74, 6) is -0.469. The largest absolute Gasteiger partial charge is 0.495 e. The second-order valence-electron chi connectivity index (χ2n) is 8.38. The number of nitrogens with zero attached hydrogens (tertiary/aromatic N) is 2. The Kier molecular flexibility index (Phi) is 6.19. The van der Waals surface area contributed by atoms with Crippen LogP contribution in [-0.2, 0) is 10.0 Å². The van der Waals surface area contributed by atoms with E-state index in [9.17, 15) is 17.6 Å². The molecule has 0 spiro atoms. The third-order valence-electron chi connectivity index (χ3n) is 5.98. The summed E-state index contributed by atoms with van der Waals surface area (Å²) in [7, 11) is -2.52. The van der Waals surface area contributed by atoms with Crippen LogP contribution in [0, 0.1) is 5.82 Å². The molecular formula is C26H23FN4O4S. The van der Waals surface area contributed by atoms with Crippen LogP contribution in [0.2, 0.25) is 0 Å². The number of halogens is 1. The molecule has 1 aliphatic rings. The van der Waals surface area contributed by atoms with E-state index in [2.05, 4.69) is 15.0 Å². The van der Waals surface area contributed by atoms with Crippen molar-refractivity contribution in [1.29, 1.82) is 0 Å². The summed E-state index contributed by atoms with van der Waals surface area (Å²) < 4.78 is 48.4. The van der Waals surface area contributed by atoms with Crippen molar-refractivity contribution in [2.45, 2.75) is 10.9 Å². The van der Waals surface area contributed by atoms with Gasteiger partial charge in [0.1, 0.15) is 16.5 Å². The molecule has 2 N–H and O–H groups in total. The number of hydrogen-bond acceptors (Lipinski definition) is 6. The number of likely N-dealkylation sites (tertiary alicyclic amines) is 1. The number of aromatic nitrogens is 1. The quantitative estimate of drug-likeness (QED) is 0.391. The van der Waals surface area contributed by atoms with Crippen LogP contribution >= 0.6 is 0 Å². The molecule has 4 aromatic rings. The summed E-state index contributed by atoms with van der Waals surface area (Å²) in [6.07, 6.45) is 1.49. The Morgan fingerprint density at radius 1 is 1.03 bits per heavy atom. The Labute approximate surface area is 207 Å². The molecule has 0 aliphatic carbocycles. The topological polar surface area (TPSA) is 101 Å². The first-order valence-electron chi connectivity index (χ1n) is 11.2. The lowest BCUT2D eigenvalue weighted by atomic mass is 10.1. The highest BCUT2D eigenvalue weighted by Crippen LogP contribution is 2.28. The van der Waals surface area contributed by atoms with Crippen molar-refractivity contribution in [3.05, 3.63) is 90.4 Å². The highest BCUT2D eigenvalue weighted by Gasteiger charge is 2.32. The van der Waals surface area contributed by atoms with Crippen LogP contribution < -0.4 is 14.8 Å². The predicted molar refractivity (Wildman–Crippen MR) is 135 cm³/mol. The molecule has 3 aromatic carbocycles. The number of amides is 1. The molecule has 36 heavy (non-hydrogen) atoms. The van der Waals surface area contributed by atoms with Crippen molar-refractivity contribution in [2.75, 3.05) is 30.2 Å². The van der Waals surface area contributed by atoms with E-state index in [4.69, 9.17) is 4.74 Å². The van der Waals surface area contributed by atoms with E-state index in [-0.39, 0.29) is 33.6 Å². The number of methoxy groups -OCH3 is 1. The molecule has 1 saturated heterocycles. The molecule has 0 atom stereocenters. The van der Waals surface area contributed by atoms with E-state index in [1.165, 1.54) is 24.4 Å². The fourth-order valence-electron chi connectivity index (χ4n) is 4.13. The maximum atomic E-state index is 14.9. The van der Waals surface area contributed by atoms with Gasteiger partial charge in [0.25, 0.3) is 15.9 Å². The molecule has 1 aromatic heterocycles. The Morgan fingerprint density at radius 2 is 1.81 bits per heavy atom. The molecule has 0 saturated carbocycles. The Morgan fingerprint density at radius 3 is 2.58 bits per heavy atom. The van der Waals surface area contributed by atoms with E-state index in [0.717, 1.165) is 11.8 Å². The van der Waals surface area contributed by atoms with E-state index < -0.39 is 15.8 Å². The number of carbonyl (C=O) groups is 1. The number of benzene rings is 3. The lowest BCUT2D eigenvalue weighted by Crippen LogP contribution is -2.57. The van der Waals surface area contributed by atoms with Gasteiger partial charge in [-0.25, -0.2) is 12.8 Å². The molecule has 5 rings (SSSR count). The first-order valence-corrected chi connectivity index (χ1v) is 12.7. The fraction of sp³-hybridized carbons (Fsp3) is 0.154. The first-order chi connectivity index (χ1) is 17.4. The smallest absolute Gasteiger partial charge is 0.264 e. The summed E-state index contributed by atoms with van der Waals surface area (Å²) in [5.41, 5.74) is 1.01. The summed E-state index contributed by atoms with van der Waals surface area (Å²) >= 11 is 0. The van der Waals surface area contributed by atoms with Gasteiger partial charge in [-0.1, -0.05) is 30.3 Å². The predicted octanol–water partition coefficient (Wildman–Crippen LogP) is 4.12. The molecule has 1 aliphatic heterocycles. The monoisotopic (exact) mass is 506 g/mol. The Hall–Kier alpha value is -4.18. The number of anilines is 2. The van der Waals surface area contributed by atoms with Crippen molar-refractivity contribution in [3.63, 3.8) is 0 Å². The summed E-state index contributed by atoms with van der Waals surface area (Å²) in [4.78, 5) is 18.5. The number of pyridine rings is 1. The van der Waals surface area contributed by atoms with Gasteiger partial charge in [-0.15, -0.1) is 0 Å². The minimum Gasteiger partial charge on any atom is -0.495 e. The molecule has 1 amide bonds. The van der Waals surface area contributed by atoms with E-state index in [0.29, 0.717) is 24.2 Å². The highest BCUT2D eigenvalue weighted by atomic mass is 32.2. The van der Waals surface area contributed by atoms with Crippen LogP contribution in [0.1, 0.15) is 10.4 Å². The van der Waals surface area contributed by atoms with Crippen LogP contribution in [0.25, 0.3) is 10.9 Å². The van der Waals surface area contributed by atoms with Gasteiger partial charge in [0, 0.05) is 30.2 Å². The normalized spacial score (nSPS) is 13.8. The highest BCUT2D eigenvalue weighted by molar-refractivity contribution is 7.93. The standard InChI is InChI=1S/C26H23FN4O4S/c1-35-23-9-3-2-8-22(23)29-19-15-31(16-19)26(32)18-11-12-21(20(27)14-18)30-36(33,34)24-10-4-6-17-7-5-13-28-25(17)24/h2-14,19,29-30H,15-16H2,1H3. The number of ether oxygens (including phenoxy) is 1. The number of para-hydroxylation sites is 3. The van der Waals surface area contributed by atoms with Crippen molar-refractivity contribution >= 4 is 38.2 Å². The van der Waals surface area contributed by atoms with Crippen molar-refractivity contribution in [1.82, 2.24) is 9.88 Å². The molecule has 184 valence electrons. The molecule has 8 nitrogen and oxygen atoms in total. The minimum atomic E-state index is -4.11. The molecule has 1 fully saturated rings. The molecule has 2 heterocycles. The van der Waals surface area contributed by atoms with Gasteiger partial charge in [0.15, 0.2) is 0 Å². The second-order valence-corrected chi connectivity index (χ2v) is 10.0. The summed E-state index contributed by atoms with van der Waals surface area (Å²) in [5, 5.41) is 3.98. The van der Waals surface area contributed by atoms with Crippen LogP contribution in [0.4, 0.5) is 15.8 Å². The zero-order chi connectivity index (χ0) is 25.3. The number of hydrogen-bond donors (Lipinski definition) is 2. The van der Waals surface area contributed by atoms with E-state index >= 15 is 0 Å². The van der Waals surface area contributed by atoms with Gasteiger partial charge in [0.2, 0.25) is 0 Å². The maximum absolute atomic E-state index is 14.9. The molecule has 0 radical (unpaired) electrons. The Balaban J connectivity index is 1.27. The van der Waals surface area contributed by atoms with Gasteiger partial charge in [0.05, 0.1) is 30.0 Å². The number of fused-ring (bicyclic) bond motifs is 1. The molecule has 10 heteroatoms. The summed E-state index contributed by atoms with van der Waals surface area (Å²) in [6, 6.07) is 19.4. The SMILES string of the molecule is COc1ccccc1NC1CN(C(=O)c2ccc(NS(=O)(=O)c3cccc4cccnc34)c(F)c2)C1. The van der Waals surface area contributed by atoms with Gasteiger partial charge < -0.3 is 15.0 Å². The van der Waals surface area contributed by atoms with Crippen LogP contribution in [-0.4, -0.2) is 50.5 Å². The van der Waals surface area contributed by atoms with Crippen molar-refractivity contribution in [2.24, 2.45) is 0 Å². The van der Waals surface area contributed by atoms with Crippen molar-refractivity contribution < 1.29 is 22.3 Å². The average molecular weight is 507 g/mol. The lowest BCUT2D eigenvalue weighted by Gasteiger charge is -2.40. The van der Waals surface area contributed by atoms with Gasteiger partial charge in [-0.3, -0.25) is 14.5 Å².